The summed E-state index contributed by atoms with van der Waals surface area (Å²) in [6, 6.07) is 7.28. The molecule has 0 saturated carbocycles. The monoisotopic (exact) mass is 422 g/mol. The van der Waals surface area contributed by atoms with E-state index in [-0.39, 0.29) is 30.9 Å². The van der Waals surface area contributed by atoms with Crippen molar-refractivity contribution < 1.29 is 23.0 Å². The number of hydrogen-bond donors (Lipinski definition) is 1. The molecular formula is C21H21ClF2N2O3. The van der Waals surface area contributed by atoms with Crippen molar-refractivity contribution in [1.82, 2.24) is 10.2 Å². The number of ether oxygens (including phenoxy) is 2. The van der Waals surface area contributed by atoms with E-state index in [1.807, 2.05) is 6.07 Å². The Balaban J connectivity index is 1.33. The van der Waals surface area contributed by atoms with Crippen LogP contribution in [0.2, 0.25) is 5.02 Å². The van der Waals surface area contributed by atoms with Crippen molar-refractivity contribution in [3.63, 3.8) is 0 Å². The number of nitrogens with one attached hydrogen (secondary N) is 1. The third-order valence-electron chi connectivity index (χ3n) is 5.35. The Kier molecular flexibility index (Phi) is 5.87. The van der Waals surface area contributed by atoms with Crippen molar-refractivity contribution in [1.29, 1.82) is 0 Å². The molecule has 2 aromatic carbocycles. The van der Waals surface area contributed by atoms with Gasteiger partial charge >= 0.3 is 0 Å². The lowest BCUT2D eigenvalue weighted by atomic mass is 10.1. The number of benzene rings is 2. The normalized spacial score (nSPS) is 18.0. The maximum atomic E-state index is 14.0. The first-order chi connectivity index (χ1) is 14.0. The number of rotatable bonds is 7. The molecule has 5 nitrogen and oxygen atoms in total. The Morgan fingerprint density at radius 3 is 2.66 bits per heavy atom. The van der Waals surface area contributed by atoms with Gasteiger partial charge in [-0.2, -0.15) is 0 Å². The quantitative estimate of drug-likeness (QED) is 0.685. The first-order valence-electron chi connectivity index (χ1n) is 9.54. The molecule has 0 aromatic heterocycles. The highest BCUT2D eigenvalue weighted by Gasteiger charge is 2.31. The highest BCUT2D eigenvalue weighted by molar-refractivity contribution is 6.31. The predicted octanol–water partition coefficient (Wildman–Crippen LogP) is 4.02. The summed E-state index contributed by atoms with van der Waals surface area (Å²) in [5, 5.41) is 3.91. The molecule has 29 heavy (non-hydrogen) atoms. The Hall–Kier alpha value is -2.38. The molecule has 8 heteroatoms. The van der Waals surface area contributed by atoms with Crippen LogP contribution in [0.1, 0.15) is 30.4 Å². The minimum Gasteiger partial charge on any atom is -0.454 e. The number of fused-ring (bicyclic) bond motifs is 1. The van der Waals surface area contributed by atoms with Crippen LogP contribution in [0.5, 0.6) is 11.5 Å². The van der Waals surface area contributed by atoms with E-state index in [0.29, 0.717) is 48.9 Å². The molecule has 1 saturated heterocycles. The summed E-state index contributed by atoms with van der Waals surface area (Å²) in [6.07, 6.45) is 1.76. The molecule has 2 aliphatic rings. The van der Waals surface area contributed by atoms with E-state index >= 15 is 0 Å². The van der Waals surface area contributed by atoms with Gasteiger partial charge in [-0.1, -0.05) is 17.7 Å². The molecule has 0 aliphatic carbocycles. The molecule has 1 amide bonds. The second kappa shape index (κ2) is 8.55. The van der Waals surface area contributed by atoms with Crippen LogP contribution in [0.25, 0.3) is 0 Å². The third kappa shape index (κ3) is 4.31. The van der Waals surface area contributed by atoms with Crippen LogP contribution >= 0.6 is 11.6 Å². The minimum atomic E-state index is -0.626. The number of nitrogens with zero attached hydrogens (tertiary/aromatic N) is 1. The topological polar surface area (TPSA) is 50.8 Å². The fraction of sp³-hybridized carbons (Fsp3) is 0.381. The summed E-state index contributed by atoms with van der Waals surface area (Å²) in [5.74, 6) is -0.0144. The van der Waals surface area contributed by atoms with Crippen molar-refractivity contribution in [3.8, 4) is 11.5 Å². The summed E-state index contributed by atoms with van der Waals surface area (Å²) in [6.45, 7) is 1.32. The molecule has 0 unspecified atom stereocenters. The average Bonchev–Trinajstić information content (AvgIpc) is 3.28. The van der Waals surface area contributed by atoms with Crippen LogP contribution in [0, 0.1) is 11.6 Å². The van der Waals surface area contributed by atoms with Gasteiger partial charge in [-0.15, -0.1) is 0 Å². The van der Waals surface area contributed by atoms with Gasteiger partial charge in [0, 0.05) is 35.7 Å². The van der Waals surface area contributed by atoms with Crippen molar-refractivity contribution in [3.05, 3.63) is 58.1 Å². The highest BCUT2D eigenvalue weighted by Crippen LogP contribution is 2.36. The number of likely N-dealkylation sites (tertiary alicyclic amines) is 1. The van der Waals surface area contributed by atoms with Gasteiger partial charge in [0.1, 0.15) is 11.6 Å². The minimum absolute atomic E-state index is 0.0456. The molecule has 0 bridgehead atoms. The lowest BCUT2D eigenvalue weighted by molar-refractivity contribution is -0.129. The molecule has 2 aromatic rings. The second-order valence-electron chi connectivity index (χ2n) is 7.18. The standard InChI is InChI=1S/C21H21ClF2N2O3/c22-16-9-20-19(28-12-29-20)8-13(16)10-25-7-6-14-4-5-21(27)26(14)11-15-17(23)2-1-3-18(15)24/h1-3,8-9,14,25H,4-7,10-12H2/t14-/m1/s1. The van der Waals surface area contributed by atoms with Crippen LogP contribution in [0.4, 0.5) is 8.78 Å². The molecule has 154 valence electrons. The molecule has 4 rings (SSSR count). The first-order valence-corrected chi connectivity index (χ1v) is 9.92. The van der Waals surface area contributed by atoms with Crippen molar-refractivity contribution in [2.45, 2.75) is 38.4 Å². The molecule has 0 radical (unpaired) electrons. The summed E-state index contributed by atoms with van der Waals surface area (Å²) < 4.78 is 38.6. The molecule has 1 atom stereocenters. The third-order valence-corrected chi connectivity index (χ3v) is 5.71. The molecule has 1 N–H and O–H groups in total. The SMILES string of the molecule is O=C1CC[C@H](CCNCc2cc3c(cc2Cl)OCO3)N1Cc1c(F)cccc1F. The van der Waals surface area contributed by atoms with Gasteiger partial charge in [0.05, 0.1) is 6.54 Å². The van der Waals surface area contributed by atoms with E-state index in [0.717, 1.165) is 5.56 Å². The van der Waals surface area contributed by atoms with Gasteiger partial charge in [0.25, 0.3) is 0 Å². The lowest BCUT2D eigenvalue weighted by Crippen LogP contribution is -2.35. The first kappa shape index (κ1) is 19.9. The summed E-state index contributed by atoms with van der Waals surface area (Å²) in [4.78, 5) is 13.8. The average molecular weight is 423 g/mol. The largest absolute Gasteiger partial charge is 0.454 e. The van der Waals surface area contributed by atoms with Crippen molar-refractivity contribution >= 4 is 17.5 Å². The zero-order chi connectivity index (χ0) is 20.4. The lowest BCUT2D eigenvalue weighted by Gasteiger charge is -2.25. The maximum Gasteiger partial charge on any atom is 0.231 e. The van der Waals surface area contributed by atoms with E-state index in [4.69, 9.17) is 21.1 Å². The van der Waals surface area contributed by atoms with Gasteiger partial charge in [0.15, 0.2) is 11.5 Å². The highest BCUT2D eigenvalue weighted by atomic mass is 35.5. The molecule has 0 spiro atoms. The van der Waals surface area contributed by atoms with E-state index in [1.54, 1.807) is 11.0 Å². The Labute approximate surface area is 172 Å². The van der Waals surface area contributed by atoms with E-state index in [9.17, 15) is 13.6 Å². The van der Waals surface area contributed by atoms with Crippen LogP contribution in [0.3, 0.4) is 0 Å². The smallest absolute Gasteiger partial charge is 0.231 e. The number of halogens is 3. The van der Waals surface area contributed by atoms with Gasteiger partial charge in [0.2, 0.25) is 12.7 Å². The van der Waals surface area contributed by atoms with Gasteiger partial charge < -0.3 is 19.7 Å². The zero-order valence-electron chi connectivity index (χ0n) is 15.7. The van der Waals surface area contributed by atoms with Crippen LogP contribution < -0.4 is 14.8 Å². The van der Waals surface area contributed by atoms with Gasteiger partial charge in [-0.3, -0.25) is 4.79 Å². The van der Waals surface area contributed by atoms with E-state index in [1.165, 1.54) is 18.2 Å². The number of carbonyl (C=O) groups excluding carboxylic acids is 1. The van der Waals surface area contributed by atoms with Crippen molar-refractivity contribution in [2.24, 2.45) is 0 Å². The summed E-state index contributed by atoms with van der Waals surface area (Å²) >= 11 is 6.28. The summed E-state index contributed by atoms with van der Waals surface area (Å²) in [5.41, 5.74) is 0.830. The van der Waals surface area contributed by atoms with E-state index in [2.05, 4.69) is 5.32 Å². The van der Waals surface area contributed by atoms with Crippen molar-refractivity contribution in [2.75, 3.05) is 13.3 Å². The zero-order valence-corrected chi connectivity index (χ0v) is 16.5. The molecular weight excluding hydrogens is 402 g/mol. The Bertz CT molecular complexity index is 905. The van der Waals surface area contributed by atoms with E-state index < -0.39 is 11.6 Å². The molecule has 2 heterocycles. The second-order valence-corrected chi connectivity index (χ2v) is 7.58. The maximum absolute atomic E-state index is 14.0. The molecule has 2 aliphatic heterocycles. The van der Waals surface area contributed by atoms with Crippen LogP contribution in [0.15, 0.2) is 30.3 Å². The number of amides is 1. The van der Waals surface area contributed by atoms with Crippen LogP contribution in [-0.2, 0) is 17.9 Å². The Morgan fingerprint density at radius 1 is 1.17 bits per heavy atom. The summed E-state index contributed by atoms with van der Waals surface area (Å²) in [7, 11) is 0. The fourth-order valence-corrected chi connectivity index (χ4v) is 3.97. The van der Waals surface area contributed by atoms with Crippen LogP contribution in [-0.4, -0.2) is 30.2 Å². The van der Waals surface area contributed by atoms with Gasteiger partial charge in [-0.05, 0) is 43.1 Å². The molecule has 1 fully saturated rings. The van der Waals surface area contributed by atoms with Gasteiger partial charge in [-0.25, -0.2) is 8.78 Å². The number of carbonyl (C=O) groups is 1. The fourth-order valence-electron chi connectivity index (χ4n) is 3.75. The predicted molar refractivity (Wildman–Crippen MR) is 104 cm³/mol. The Morgan fingerprint density at radius 2 is 1.90 bits per heavy atom. The number of hydrogen-bond acceptors (Lipinski definition) is 4.